The lowest BCUT2D eigenvalue weighted by Gasteiger charge is -2.12. The molecule has 0 fully saturated rings. The van der Waals surface area contributed by atoms with E-state index in [2.05, 4.69) is 36.7 Å². The van der Waals surface area contributed by atoms with Crippen molar-refractivity contribution in [2.45, 2.75) is 84.0 Å². The SMILES string of the molecule is C=CC(CCCCCCCCCC)CCCc1ccccn1. The van der Waals surface area contributed by atoms with Crippen molar-refractivity contribution in [1.82, 2.24) is 4.98 Å². The van der Waals surface area contributed by atoms with Gasteiger partial charge in [0.2, 0.25) is 0 Å². The average molecular weight is 302 g/mol. The van der Waals surface area contributed by atoms with Gasteiger partial charge in [-0.05, 0) is 43.7 Å². The Hall–Kier alpha value is -1.11. The van der Waals surface area contributed by atoms with Crippen LogP contribution in [-0.4, -0.2) is 4.98 Å². The summed E-state index contributed by atoms with van der Waals surface area (Å²) < 4.78 is 0. The van der Waals surface area contributed by atoms with Gasteiger partial charge in [0, 0.05) is 11.9 Å². The Morgan fingerprint density at radius 2 is 1.64 bits per heavy atom. The van der Waals surface area contributed by atoms with Crippen molar-refractivity contribution in [2.75, 3.05) is 0 Å². The minimum atomic E-state index is 0.698. The maximum absolute atomic E-state index is 4.39. The number of unbranched alkanes of at least 4 members (excludes halogenated alkanes) is 7. The van der Waals surface area contributed by atoms with Crippen molar-refractivity contribution in [2.24, 2.45) is 5.92 Å². The van der Waals surface area contributed by atoms with Crippen molar-refractivity contribution in [3.8, 4) is 0 Å². The lowest BCUT2D eigenvalue weighted by atomic mass is 9.94. The van der Waals surface area contributed by atoms with Gasteiger partial charge in [0.05, 0.1) is 0 Å². The molecule has 0 N–H and O–H groups in total. The summed E-state index contributed by atoms with van der Waals surface area (Å²) in [6.07, 6.45) is 20.2. The molecule has 22 heavy (non-hydrogen) atoms. The van der Waals surface area contributed by atoms with E-state index in [1.165, 1.54) is 76.3 Å². The highest BCUT2D eigenvalue weighted by Gasteiger charge is 2.04. The molecule has 1 heterocycles. The van der Waals surface area contributed by atoms with Crippen LogP contribution >= 0.6 is 0 Å². The van der Waals surface area contributed by atoms with Crippen LogP contribution in [0.5, 0.6) is 0 Å². The van der Waals surface area contributed by atoms with Gasteiger partial charge in [-0.3, -0.25) is 4.98 Å². The van der Waals surface area contributed by atoms with Crippen molar-refractivity contribution < 1.29 is 0 Å². The number of nitrogens with zero attached hydrogens (tertiary/aromatic N) is 1. The predicted molar refractivity (Wildman–Crippen MR) is 98.1 cm³/mol. The second-order valence-electron chi connectivity index (χ2n) is 6.47. The molecule has 0 saturated carbocycles. The summed E-state index contributed by atoms with van der Waals surface area (Å²) in [4.78, 5) is 4.39. The number of aryl methyl sites for hydroxylation is 1. The van der Waals surface area contributed by atoms with Crippen molar-refractivity contribution in [3.63, 3.8) is 0 Å². The molecule has 124 valence electrons. The second-order valence-corrected chi connectivity index (χ2v) is 6.47. The molecule has 1 atom stereocenters. The van der Waals surface area contributed by atoms with Crippen molar-refractivity contribution >= 4 is 0 Å². The van der Waals surface area contributed by atoms with Crippen LogP contribution in [0.4, 0.5) is 0 Å². The number of allylic oxidation sites excluding steroid dienone is 1. The third-order valence-corrected chi connectivity index (χ3v) is 4.50. The van der Waals surface area contributed by atoms with E-state index in [1.54, 1.807) is 0 Å². The smallest absolute Gasteiger partial charge is 0.0403 e. The van der Waals surface area contributed by atoms with Gasteiger partial charge < -0.3 is 0 Å². The Kier molecular flexibility index (Phi) is 11.7. The fourth-order valence-electron chi connectivity index (χ4n) is 3.01. The van der Waals surface area contributed by atoms with Gasteiger partial charge in [-0.15, -0.1) is 6.58 Å². The summed E-state index contributed by atoms with van der Waals surface area (Å²) in [5, 5.41) is 0. The van der Waals surface area contributed by atoms with E-state index >= 15 is 0 Å². The molecular formula is C21H35N. The van der Waals surface area contributed by atoms with E-state index in [0.717, 1.165) is 6.42 Å². The quantitative estimate of drug-likeness (QED) is 0.274. The molecule has 1 heteroatoms. The summed E-state index contributed by atoms with van der Waals surface area (Å²) in [7, 11) is 0. The maximum Gasteiger partial charge on any atom is 0.0403 e. The van der Waals surface area contributed by atoms with Crippen LogP contribution in [0.15, 0.2) is 37.1 Å². The van der Waals surface area contributed by atoms with Crippen LogP contribution in [0, 0.1) is 5.92 Å². The van der Waals surface area contributed by atoms with Gasteiger partial charge in [-0.1, -0.05) is 70.4 Å². The summed E-state index contributed by atoms with van der Waals surface area (Å²) in [5.74, 6) is 0.698. The van der Waals surface area contributed by atoms with E-state index in [1.807, 2.05) is 12.3 Å². The van der Waals surface area contributed by atoms with E-state index < -0.39 is 0 Å². The van der Waals surface area contributed by atoms with E-state index in [-0.39, 0.29) is 0 Å². The van der Waals surface area contributed by atoms with Crippen molar-refractivity contribution in [1.29, 1.82) is 0 Å². The molecule has 0 amide bonds. The molecule has 1 nitrogen and oxygen atoms in total. The Balaban J connectivity index is 1.99. The highest BCUT2D eigenvalue weighted by atomic mass is 14.7. The van der Waals surface area contributed by atoms with E-state index in [0.29, 0.717) is 5.92 Å². The standard InChI is InChI=1S/C21H35N/c1-3-5-6-7-8-9-10-11-15-20(4-2)16-14-18-21-17-12-13-19-22-21/h4,12-13,17,19-20H,2-3,5-11,14-16,18H2,1H3. The van der Waals surface area contributed by atoms with Crippen LogP contribution in [0.2, 0.25) is 0 Å². The van der Waals surface area contributed by atoms with Crippen molar-refractivity contribution in [3.05, 3.63) is 42.7 Å². The number of aromatic nitrogens is 1. The largest absolute Gasteiger partial charge is 0.261 e. The predicted octanol–water partition coefficient (Wildman–Crippen LogP) is 6.74. The zero-order chi connectivity index (χ0) is 15.9. The van der Waals surface area contributed by atoms with E-state index in [9.17, 15) is 0 Å². The molecule has 0 aliphatic heterocycles. The Morgan fingerprint density at radius 3 is 2.27 bits per heavy atom. The van der Waals surface area contributed by atoms with Gasteiger partial charge in [0.25, 0.3) is 0 Å². The van der Waals surface area contributed by atoms with Crippen LogP contribution in [0.25, 0.3) is 0 Å². The first-order valence-corrected chi connectivity index (χ1v) is 9.39. The first kappa shape index (κ1) is 18.9. The first-order chi connectivity index (χ1) is 10.9. The van der Waals surface area contributed by atoms with Crippen LogP contribution in [0.3, 0.4) is 0 Å². The third-order valence-electron chi connectivity index (χ3n) is 4.50. The molecule has 0 aliphatic carbocycles. The summed E-state index contributed by atoms with van der Waals surface area (Å²) in [5.41, 5.74) is 1.22. The molecule has 0 aliphatic rings. The Labute approximate surface area is 138 Å². The summed E-state index contributed by atoms with van der Waals surface area (Å²) in [6.45, 7) is 6.30. The normalized spacial score (nSPS) is 12.2. The molecular weight excluding hydrogens is 266 g/mol. The number of hydrogen-bond acceptors (Lipinski definition) is 1. The third kappa shape index (κ3) is 9.76. The van der Waals surface area contributed by atoms with E-state index in [4.69, 9.17) is 0 Å². The van der Waals surface area contributed by atoms with Crippen LogP contribution < -0.4 is 0 Å². The van der Waals surface area contributed by atoms with Gasteiger partial charge in [0.1, 0.15) is 0 Å². The molecule has 0 radical (unpaired) electrons. The second kappa shape index (κ2) is 13.5. The van der Waals surface area contributed by atoms with Gasteiger partial charge in [0.15, 0.2) is 0 Å². The number of pyridine rings is 1. The minimum absolute atomic E-state index is 0.698. The first-order valence-electron chi connectivity index (χ1n) is 9.39. The molecule has 0 bridgehead atoms. The molecule has 0 saturated heterocycles. The zero-order valence-electron chi connectivity index (χ0n) is 14.6. The summed E-state index contributed by atoms with van der Waals surface area (Å²) in [6, 6.07) is 6.19. The van der Waals surface area contributed by atoms with Crippen LogP contribution in [0.1, 0.15) is 83.2 Å². The lowest BCUT2D eigenvalue weighted by Crippen LogP contribution is -1.99. The summed E-state index contributed by atoms with van der Waals surface area (Å²) >= 11 is 0. The topological polar surface area (TPSA) is 12.9 Å². The highest BCUT2D eigenvalue weighted by molar-refractivity contribution is 5.03. The maximum atomic E-state index is 4.39. The monoisotopic (exact) mass is 301 g/mol. The molecule has 0 aromatic carbocycles. The average Bonchev–Trinajstić information content (AvgIpc) is 2.56. The van der Waals surface area contributed by atoms with Crippen LogP contribution in [-0.2, 0) is 6.42 Å². The molecule has 0 spiro atoms. The fourth-order valence-corrected chi connectivity index (χ4v) is 3.01. The minimum Gasteiger partial charge on any atom is -0.261 e. The molecule has 1 unspecified atom stereocenters. The zero-order valence-corrected chi connectivity index (χ0v) is 14.6. The molecule has 1 aromatic heterocycles. The lowest BCUT2D eigenvalue weighted by molar-refractivity contribution is 0.478. The Morgan fingerprint density at radius 1 is 0.955 bits per heavy atom. The number of rotatable bonds is 14. The van der Waals surface area contributed by atoms with Gasteiger partial charge in [-0.25, -0.2) is 0 Å². The van der Waals surface area contributed by atoms with Gasteiger partial charge in [-0.2, -0.15) is 0 Å². The van der Waals surface area contributed by atoms with Gasteiger partial charge >= 0.3 is 0 Å². The number of hydrogen-bond donors (Lipinski definition) is 0. The highest BCUT2D eigenvalue weighted by Crippen LogP contribution is 2.19. The fraction of sp³-hybridized carbons (Fsp3) is 0.667. The molecule has 1 aromatic rings. The Bertz CT molecular complexity index is 357. The molecule has 1 rings (SSSR count).